The minimum absolute atomic E-state index is 0.121. The maximum absolute atomic E-state index is 11.5. The molecular weight excluding hydrogens is 164 g/mol. The average molecular weight is 184 g/mol. The molecule has 0 radical (unpaired) electrons. The Hall–Kier alpha value is -0.570. The standard InChI is InChI=1S/C10H20N2O/c1-6-4-7(2)9(11)5-8(6)10(13)12-3/h6-9H,4-5,11H2,1-3H3,(H,12,13). The van der Waals surface area contributed by atoms with E-state index in [1.807, 2.05) is 0 Å². The van der Waals surface area contributed by atoms with E-state index in [1.165, 1.54) is 0 Å². The zero-order chi connectivity index (χ0) is 10.0. The predicted octanol–water partition coefficient (Wildman–Crippen LogP) is 0.742. The van der Waals surface area contributed by atoms with Crippen molar-refractivity contribution in [2.24, 2.45) is 23.5 Å². The first-order chi connectivity index (χ1) is 6.06. The smallest absolute Gasteiger partial charge is 0.223 e. The van der Waals surface area contributed by atoms with Gasteiger partial charge in [0.25, 0.3) is 0 Å². The molecule has 0 bridgehead atoms. The molecule has 0 aromatic rings. The third-order valence-corrected chi connectivity index (χ3v) is 3.27. The number of nitrogens with one attached hydrogen (secondary N) is 1. The molecule has 3 N–H and O–H groups in total. The molecule has 0 aromatic heterocycles. The number of carbonyl (C=O) groups is 1. The van der Waals surface area contributed by atoms with Crippen molar-refractivity contribution >= 4 is 5.91 Å². The summed E-state index contributed by atoms with van der Waals surface area (Å²) < 4.78 is 0. The fourth-order valence-electron chi connectivity index (χ4n) is 2.23. The van der Waals surface area contributed by atoms with Crippen LogP contribution in [0.5, 0.6) is 0 Å². The molecule has 3 nitrogen and oxygen atoms in total. The monoisotopic (exact) mass is 184 g/mol. The topological polar surface area (TPSA) is 55.1 Å². The summed E-state index contributed by atoms with van der Waals surface area (Å²) in [4.78, 5) is 11.5. The van der Waals surface area contributed by atoms with E-state index in [2.05, 4.69) is 19.2 Å². The van der Waals surface area contributed by atoms with E-state index in [1.54, 1.807) is 7.05 Å². The molecule has 0 saturated heterocycles. The lowest BCUT2D eigenvalue weighted by atomic mass is 9.73. The van der Waals surface area contributed by atoms with Gasteiger partial charge in [-0.2, -0.15) is 0 Å². The van der Waals surface area contributed by atoms with Crippen LogP contribution in [0.1, 0.15) is 26.7 Å². The highest BCUT2D eigenvalue weighted by molar-refractivity contribution is 5.78. The van der Waals surface area contributed by atoms with Crippen molar-refractivity contribution in [3.05, 3.63) is 0 Å². The summed E-state index contributed by atoms with van der Waals surface area (Å²) in [5.41, 5.74) is 5.94. The second-order valence-electron chi connectivity index (χ2n) is 4.31. The molecule has 13 heavy (non-hydrogen) atoms. The van der Waals surface area contributed by atoms with Gasteiger partial charge in [0.2, 0.25) is 5.91 Å². The summed E-state index contributed by atoms with van der Waals surface area (Å²) in [5, 5.41) is 2.71. The second kappa shape index (κ2) is 4.09. The zero-order valence-corrected chi connectivity index (χ0v) is 8.71. The SMILES string of the molecule is CNC(=O)C1CC(N)C(C)CC1C. The van der Waals surface area contributed by atoms with E-state index in [9.17, 15) is 4.79 Å². The quantitative estimate of drug-likeness (QED) is 0.631. The Morgan fingerprint density at radius 1 is 1.31 bits per heavy atom. The van der Waals surface area contributed by atoms with Crippen LogP contribution in [0.3, 0.4) is 0 Å². The van der Waals surface area contributed by atoms with Crippen LogP contribution in [0.2, 0.25) is 0 Å². The normalized spacial score (nSPS) is 40.0. The average Bonchev–Trinajstić information content (AvgIpc) is 2.10. The third kappa shape index (κ3) is 2.21. The van der Waals surface area contributed by atoms with Crippen molar-refractivity contribution < 1.29 is 4.79 Å². The van der Waals surface area contributed by atoms with Gasteiger partial charge in [-0.05, 0) is 24.7 Å². The summed E-state index contributed by atoms with van der Waals surface area (Å²) in [7, 11) is 1.69. The predicted molar refractivity (Wildman–Crippen MR) is 53.1 cm³/mol. The fraction of sp³-hybridized carbons (Fsp3) is 0.900. The fourth-order valence-corrected chi connectivity index (χ4v) is 2.23. The molecule has 0 spiro atoms. The highest BCUT2D eigenvalue weighted by Gasteiger charge is 2.34. The van der Waals surface area contributed by atoms with Crippen LogP contribution in [-0.2, 0) is 4.79 Å². The Bertz CT molecular complexity index is 193. The van der Waals surface area contributed by atoms with Crippen molar-refractivity contribution in [1.29, 1.82) is 0 Å². The summed E-state index contributed by atoms with van der Waals surface area (Å²) in [6.45, 7) is 4.31. The van der Waals surface area contributed by atoms with Crippen LogP contribution in [0.15, 0.2) is 0 Å². The van der Waals surface area contributed by atoms with Crippen LogP contribution in [0, 0.1) is 17.8 Å². The van der Waals surface area contributed by atoms with Gasteiger partial charge >= 0.3 is 0 Å². The van der Waals surface area contributed by atoms with E-state index in [0.717, 1.165) is 12.8 Å². The molecule has 1 amide bonds. The molecule has 0 heterocycles. The Balaban J connectivity index is 2.61. The summed E-state index contributed by atoms with van der Waals surface area (Å²) in [5.74, 6) is 1.29. The van der Waals surface area contributed by atoms with Gasteiger partial charge in [0.05, 0.1) is 0 Å². The van der Waals surface area contributed by atoms with Gasteiger partial charge in [0.1, 0.15) is 0 Å². The van der Waals surface area contributed by atoms with E-state index in [4.69, 9.17) is 5.73 Å². The van der Waals surface area contributed by atoms with Gasteiger partial charge in [-0.1, -0.05) is 13.8 Å². The lowest BCUT2D eigenvalue weighted by Crippen LogP contribution is -2.44. The van der Waals surface area contributed by atoms with Gasteiger partial charge in [-0.25, -0.2) is 0 Å². The molecule has 1 saturated carbocycles. The Morgan fingerprint density at radius 3 is 2.46 bits per heavy atom. The third-order valence-electron chi connectivity index (χ3n) is 3.27. The maximum atomic E-state index is 11.5. The van der Waals surface area contributed by atoms with E-state index < -0.39 is 0 Å². The second-order valence-corrected chi connectivity index (χ2v) is 4.31. The van der Waals surface area contributed by atoms with Crippen molar-refractivity contribution in [3.63, 3.8) is 0 Å². The molecule has 1 fully saturated rings. The van der Waals surface area contributed by atoms with Gasteiger partial charge in [-0.15, -0.1) is 0 Å². The highest BCUT2D eigenvalue weighted by atomic mass is 16.1. The molecule has 1 rings (SSSR count). The van der Waals surface area contributed by atoms with Crippen molar-refractivity contribution in [2.45, 2.75) is 32.7 Å². The molecule has 4 unspecified atom stereocenters. The molecule has 0 aromatic carbocycles. The number of hydrogen-bond donors (Lipinski definition) is 2. The molecule has 1 aliphatic carbocycles. The minimum atomic E-state index is 0.121. The Labute approximate surface area is 80.1 Å². The molecule has 0 aliphatic heterocycles. The molecule has 76 valence electrons. The lowest BCUT2D eigenvalue weighted by molar-refractivity contribution is -0.127. The summed E-state index contributed by atoms with van der Waals surface area (Å²) in [6, 6.07) is 0.193. The van der Waals surface area contributed by atoms with Crippen LogP contribution in [-0.4, -0.2) is 19.0 Å². The van der Waals surface area contributed by atoms with Gasteiger partial charge < -0.3 is 11.1 Å². The number of hydrogen-bond acceptors (Lipinski definition) is 2. The number of rotatable bonds is 1. The first-order valence-corrected chi connectivity index (χ1v) is 5.03. The van der Waals surface area contributed by atoms with Gasteiger partial charge in [0, 0.05) is 19.0 Å². The first kappa shape index (κ1) is 10.5. The number of nitrogens with two attached hydrogens (primary N) is 1. The first-order valence-electron chi connectivity index (χ1n) is 5.03. The summed E-state index contributed by atoms with van der Waals surface area (Å²) >= 11 is 0. The van der Waals surface area contributed by atoms with Crippen molar-refractivity contribution in [3.8, 4) is 0 Å². The van der Waals surface area contributed by atoms with Crippen LogP contribution in [0.25, 0.3) is 0 Å². The van der Waals surface area contributed by atoms with E-state index >= 15 is 0 Å². The zero-order valence-electron chi connectivity index (χ0n) is 8.71. The minimum Gasteiger partial charge on any atom is -0.359 e. The Morgan fingerprint density at radius 2 is 1.92 bits per heavy atom. The van der Waals surface area contributed by atoms with Gasteiger partial charge in [0.15, 0.2) is 0 Å². The highest BCUT2D eigenvalue weighted by Crippen LogP contribution is 2.32. The van der Waals surface area contributed by atoms with Gasteiger partial charge in [-0.3, -0.25) is 4.79 Å². The maximum Gasteiger partial charge on any atom is 0.223 e. The molecule has 1 aliphatic rings. The Kier molecular flexibility index (Phi) is 3.31. The van der Waals surface area contributed by atoms with E-state index in [0.29, 0.717) is 11.8 Å². The summed E-state index contributed by atoms with van der Waals surface area (Å²) in [6.07, 6.45) is 1.90. The van der Waals surface area contributed by atoms with Crippen LogP contribution >= 0.6 is 0 Å². The van der Waals surface area contributed by atoms with Crippen LogP contribution in [0.4, 0.5) is 0 Å². The van der Waals surface area contributed by atoms with Crippen molar-refractivity contribution in [2.75, 3.05) is 7.05 Å². The van der Waals surface area contributed by atoms with Crippen LogP contribution < -0.4 is 11.1 Å². The van der Waals surface area contributed by atoms with Crippen molar-refractivity contribution in [1.82, 2.24) is 5.32 Å². The molecule has 4 atom stereocenters. The number of amides is 1. The largest absolute Gasteiger partial charge is 0.359 e. The lowest BCUT2D eigenvalue weighted by Gasteiger charge is -2.35. The molecular formula is C10H20N2O. The molecule has 3 heteroatoms. The number of carbonyl (C=O) groups excluding carboxylic acids is 1. The van der Waals surface area contributed by atoms with E-state index in [-0.39, 0.29) is 17.9 Å².